The Morgan fingerprint density at radius 1 is 0.477 bits per heavy atom. The second-order valence-electron chi connectivity index (χ2n) is 20.0. The smallest absolute Gasteiger partial charge is 0.0159 e. The highest BCUT2D eigenvalue weighted by Crippen LogP contribution is 2.50. The van der Waals surface area contributed by atoms with E-state index < -0.39 is 0 Å². The molecule has 0 aromatic heterocycles. The average molecular weight is 851 g/mol. The Bertz CT molecular complexity index is 2870. The molecular weight excluding hydrogens is 781 g/mol. The van der Waals surface area contributed by atoms with E-state index in [1.807, 2.05) is 0 Å². The molecule has 3 aliphatic carbocycles. The standard InChI is InChI=1S/C25H28.C22H22.C18H20/c1-5-9-20(4)25-23(21-16-14-18(2)15-17-21)12-8-13-24(25)22-11-7-6-10-19(22)3;1-15-9-11-18-19-12-10-17(16-7-5-4-6-8-16)14-21(19)22(2,3)20(18)13-15;1-4-7-13-10-11-15-14-8-5-6-9-16(14)18(2,3)17(15)12-13/h6-8,10-17,20H,5,9H2,1-4H3;5,7-14H,4,6H2,1-3H3;5-6,8-12H,4,7H2,1-3H3. The van der Waals surface area contributed by atoms with Crippen LogP contribution in [-0.4, -0.2) is 0 Å². The monoisotopic (exact) mass is 851 g/mol. The van der Waals surface area contributed by atoms with Crippen LogP contribution < -0.4 is 0 Å². The Morgan fingerprint density at radius 2 is 1.05 bits per heavy atom. The highest BCUT2D eigenvalue weighted by atomic mass is 14.4. The summed E-state index contributed by atoms with van der Waals surface area (Å²) in [5.74, 6) is 0.539. The Labute approximate surface area is 392 Å². The molecule has 0 saturated heterocycles. The fraction of sp³-hybridized carbons (Fsp3) is 0.292. The molecule has 3 aliphatic rings. The van der Waals surface area contributed by atoms with E-state index in [9.17, 15) is 0 Å². The minimum atomic E-state index is 0.0889. The van der Waals surface area contributed by atoms with Crippen LogP contribution in [0.4, 0.5) is 0 Å². The molecule has 0 saturated carbocycles. The number of rotatable bonds is 8. The fourth-order valence-corrected chi connectivity index (χ4v) is 10.8. The first-order valence-electron chi connectivity index (χ1n) is 24.5. The number of fused-ring (bicyclic) bond motifs is 6. The van der Waals surface area contributed by atoms with Gasteiger partial charge in [0.1, 0.15) is 0 Å². The highest BCUT2D eigenvalue weighted by Gasteiger charge is 2.36. The predicted octanol–water partition coefficient (Wildman–Crippen LogP) is 18.5. The van der Waals surface area contributed by atoms with E-state index in [0.717, 1.165) is 6.42 Å². The summed E-state index contributed by atoms with van der Waals surface area (Å²) >= 11 is 0. The first kappa shape index (κ1) is 45.6. The number of benzene rings is 7. The van der Waals surface area contributed by atoms with Gasteiger partial charge in [0, 0.05) is 10.8 Å². The van der Waals surface area contributed by atoms with Crippen molar-refractivity contribution in [2.45, 2.75) is 125 Å². The van der Waals surface area contributed by atoms with E-state index in [0.29, 0.717) is 5.92 Å². The maximum absolute atomic E-state index is 2.42. The Balaban J connectivity index is 0.000000135. The summed E-state index contributed by atoms with van der Waals surface area (Å²) in [6, 6.07) is 54.2. The van der Waals surface area contributed by atoms with Crippen LogP contribution in [0.5, 0.6) is 0 Å². The van der Waals surface area contributed by atoms with Crippen molar-refractivity contribution in [2.24, 2.45) is 0 Å². The second-order valence-corrected chi connectivity index (χ2v) is 20.0. The van der Waals surface area contributed by atoms with E-state index in [2.05, 4.69) is 233 Å². The SMILES string of the molecule is CCCC(C)c1c(-c2ccc(C)cc2)cccc1-c1ccccc1C.CCCc1ccc2c(c1)C(C)(C)c1ccccc1-2.Cc1ccc2c(c1)C(C)(C)c1cc(C3=CCCC=C3)ccc1-2. The first-order valence-corrected chi connectivity index (χ1v) is 24.5. The summed E-state index contributed by atoms with van der Waals surface area (Å²) in [5.41, 5.74) is 26.9. The molecule has 0 N–H and O–H groups in total. The molecule has 65 heavy (non-hydrogen) atoms. The van der Waals surface area contributed by atoms with Gasteiger partial charge in [0.25, 0.3) is 0 Å². The third-order valence-corrected chi connectivity index (χ3v) is 14.5. The third kappa shape index (κ3) is 9.16. The normalized spacial score (nSPS) is 15.0. The summed E-state index contributed by atoms with van der Waals surface area (Å²) < 4.78 is 0. The Morgan fingerprint density at radius 3 is 1.74 bits per heavy atom. The molecule has 330 valence electrons. The predicted molar refractivity (Wildman–Crippen MR) is 283 cm³/mol. The zero-order valence-electron chi connectivity index (χ0n) is 40.9. The van der Waals surface area contributed by atoms with Crippen molar-refractivity contribution in [3.63, 3.8) is 0 Å². The summed E-state index contributed by atoms with van der Waals surface area (Å²) in [6.07, 6.45) is 14.1. The summed E-state index contributed by atoms with van der Waals surface area (Å²) in [5, 5.41) is 0. The zero-order chi connectivity index (χ0) is 45.9. The van der Waals surface area contributed by atoms with Crippen LogP contribution >= 0.6 is 0 Å². The third-order valence-electron chi connectivity index (χ3n) is 14.5. The van der Waals surface area contributed by atoms with Crippen LogP contribution in [0.1, 0.15) is 142 Å². The molecule has 0 heteroatoms. The largest absolute Gasteiger partial charge is 0.0836 e. The van der Waals surface area contributed by atoms with Gasteiger partial charge >= 0.3 is 0 Å². The maximum atomic E-state index is 2.42. The molecule has 0 heterocycles. The number of hydrogen-bond donors (Lipinski definition) is 0. The van der Waals surface area contributed by atoms with E-state index >= 15 is 0 Å². The summed E-state index contributed by atoms with van der Waals surface area (Å²) in [6.45, 7) is 22.8. The van der Waals surface area contributed by atoms with E-state index in [1.54, 1.807) is 0 Å². The molecule has 0 spiro atoms. The van der Waals surface area contributed by atoms with Gasteiger partial charge in [-0.05, 0) is 153 Å². The van der Waals surface area contributed by atoms with Crippen molar-refractivity contribution in [3.05, 3.63) is 219 Å². The lowest BCUT2D eigenvalue weighted by Crippen LogP contribution is -2.15. The molecule has 10 rings (SSSR count). The van der Waals surface area contributed by atoms with Crippen molar-refractivity contribution in [3.8, 4) is 44.5 Å². The molecule has 7 aromatic rings. The topological polar surface area (TPSA) is 0 Å². The minimum Gasteiger partial charge on any atom is -0.0836 e. The molecule has 0 amide bonds. The van der Waals surface area contributed by atoms with Gasteiger partial charge in [-0.1, -0.05) is 230 Å². The lowest BCUT2D eigenvalue weighted by molar-refractivity contribution is 0.659. The highest BCUT2D eigenvalue weighted by molar-refractivity contribution is 5.85. The van der Waals surface area contributed by atoms with E-state index in [-0.39, 0.29) is 10.8 Å². The van der Waals surface area contributed by atoms with Crippen LogP contribution in [0, 0.1) is 20.8 Å². The van der Waals surface area contributed by atoms with Gasteiger partial charge in [0.05, 0.1) is 0 Å². The van der Waals surface area contributed by atoms with Gasteiger partial charge in [-0.2, -0.15) is 0 Å². The Hall–Kier alpha value is -5.98. The van der Waals surface area contributed by atoms with Crippen molar-refractivity contribution in [2.75, 3.05) is 0 Å². The van der Waals surface area contributed by atoms with Crippen molar-refractivity contribution in [1.29, 1.82) is 0 Å². The molecule has 1 unspecified atom stereocenters. The van der Waals surface area contributed by atoms with Crippen molar-refractivity contribution >= 4 is 5.57 Å². The molecule has 0 nitrogen and oxygen atoms in total. The van der Waals surface area contributed by atoms with Crippen LogP contribution in [0.15, 0.2) is 164 Å². The molecule has 0 bridgehead atoms. The molecule has 7 aromatic carbocycles. The quantitative estimate of drug-likeness (QED) is 0.143. The molecular formula is C65H70. The second kappa shape index (κ2) is 19.2. The van der Waals surface area contributed by atoms with Gasteiger partial charge in [-0.3, -0.25) is 0 Å². The van der Waals surface area contributed by atoms with Crippen LogP contribution in [0.25, 0.3) is 50.1 Å². The molecule has 0 aliphatic heterocycles. The fourth-order valence-electron chi connectivity index (χ4n) is 10.8. The van der Waals surface area contributed by atoms with Gasteiger partial charge in [-0.15, -0.1) is 0 Å². The van der Waals surface area contributed by atoms with E-state index in [1.165, 1.54) is 138 Å². The van der Waals surface area contributed by atoms with Crippen molar-refractivity contribution < 1.29 is 0 Å². The van der Waals surface area contributed by atoms with Crippen LogP contribution in [0.2, 0.25) is 0 Å². The summed E-state index contributed by atoms with van der Waals surface area (Å²) in [7, 11) is 0. The van der Waals surface area contributed by atoms with Crippen molar-refractivity contribution in [1.82, 2.24) is 0 Å². The summed E-state index contributed by atoms with van der Waals surface area (Å²) in [4.78, 5) is 0. The number of hydrogen-bond acceptors (Lipinski definition) is 0. The zero-order valence-corrected chi connectivity index (χ0v) is 40.9. The van der Waals surface area contributed by atoms with Gasteiger partial charge in [-0.25, -0.2) is 0 Å². The van der Waals surface area contributed by atoms with Crippen LogP contribution in [-0.2, 0) is 17.3 Å². The molecule has 0 fully saturated rings. The van der Waals surface area contributed by atoms with E-state index in [4.69, 9.17) is 0 Å². The van der Waals surface area contributed by atoms with Gasteiger partial charge in [0.2, 0.25) is 0 Å². The van der Waals surface area contributed by atoms with Gasteiger partial charge in [0.15, 0.2) is 0 Å². The van der Waals surface area contributed by atoms with Crippen LogP contribution in [0.3, 0.4) is 0 Å². The minimum absolute atomic E-state index is 0.0889. The lowest BCUT2D eigenvalue weighted by Gasteiger charge is -2.22. The lowest BCUT2D eigenvalue weighted by atomic mass is 9.81. The average Bonchev–Trinajstić information content (AvgIpc) is 3.68. The maximum Gasteiger partial charge on any atom is 0.0159 e. The number of allylic oxidation sites excluding steroid dienone is 4. The number of aryl methyl sites for hydroxylation is 4. The van der Waals surface area contributed by atoms with Gasteiger partial charge < -0.3 is 0 Å². The molecule has 1 atom stereocenters. The molecule has 0 radical (unpaired) electrons. The Kier molecular flexibility index (Phi) is 13.5. The first-order chi connectivity index (χ1) is 31.3.